The summed E-state index contributed by atoms with van der Waals surface area (Å²) in [6, 6.07) is 53.7. The van der Waals surface area contributed by atoms with Gasteiger partial charge in [-0.15, -0.1) is 0 Å². The van der Waals surface area contributed by atoms with Gasteiger partial charge in [0, 0.05) is 39.4 Å². The highest BCUT2D eigenvalue weighted by Gasteiger charge is 2.42. The first-order valence-electron chi connectivity index (χ1n) is 20.0. The van der Waals surface area contributed by atoms with Gasteiger partial charge in [0.2, 0.25) is 0 Å². The van der Waals surface area contributed by atoms with Crippen molar-refractivity contribution in [1.82, 2.24) is 4.57 Å². The van der Waals surface area contributed by atoms with E-state index in [2.05, 4.69) is 157 Å². The molecule has 0 spiro atoms. The topological polar surface area (TPSA) is 41.1 Å². The second-order valence-electron chi connectivity index (χ2n) is 16.0. The van der Waals surface area contributed by atoms with E-state index in [4.69, 9.17) is 4.99 Å². The Bertz CT molecular complexity index is 3130. The van der Waals surface area contributed by atoms with E-state index < -0.39 is 0 Å². The molecule has 7 aromatic carbocycles. The maximum absolute atomic E-state index is 9.49. The summed E-state index contributed by atoms with van der Waals surface area (Å²) in [6.45, 7) is 2.44. The van der Waals surface area contributed by atoms with Gasteiger partial charge < -0.3 is 4.57 Å². The third-order valence-electron chi connectivity index (χ3n) is 13.2. The van der Waals surface area contributed by atoms with Crippen molar-refractivity contribution in [3.8, 4) is 34.0 Å². The molecule has 0 saturated carbocycles. The van der Waals surface area contributed by atoms with Gasteiger partial charge in [0.05, 0.1) is 28.4 Å². The van der Waals surface area contributed by atoms with Gasteiger partial charge in [-0.2, -0.15) is 5.26 Å². The van der Waals surface area contributed by atoms with Crippen molar-refractivity contribution >= 4 is 38.3 Å². The molecule has 8 aromatic rings. The lowest BCUT2D eigenvalue weighted by atomic mass is 9.71. The Labute approximate surface area is 326 Å². The fraction of sp³-hybridized carbons (Fsp3) is 0.132. The third kappa shape index (κ3) is 4.30. The van der Waals surface area contributed by atoms with Crippen LogP contribution >= 0.6 is 0 Å². The fourth-order valence-electron chi connectivity index (χ4n) is 10.8. The summed E-state index contributed by atoms with van der Waals surface area (Å²) in [5.41, 5.74) is 20.3. The van der Waals surface area contributed by atoms with E-state index in [0.29, 0.717) is 17.4 Å². The van der Waals surface area contributed by atoms with E-state index in [0.717, 1.165) is 36.2 Å². The molecular weight excluding hydrogens is 679 g/mol. The molecular formula is C53H37N3. The van der Waals surface area contributed by atoms with Crippen LogP contribution in [0.5, 0.6) is 0 Å². The van der Waals surface area contributed by atoms with Crippen molar-refractivity contribution in [3.05, 3.63) is 196 Å². The van der Waals surface area contributed by atoms with Gasteiger partial charge >= 0.3 is 0 Å². The Kier molecular flexibility index (Phi) is 6.69. The summed E-state index contributed by atoms with van der Waals surface area (Å²) >= 11 is 0. The van der Waals surface area contributed by atoms with Crippen molar-refractivity contribution in [2.75, 3.05) is 0 Å². The van der Waals surface area contributed by atoms with Gasteiger partial charge in [-0.25, -0.2) is 0 Å². The van der Waals surface area contributed by atoms with Crippen LogP contribution in [-0.4, -0.2) is 10.3 Å². The number of benzene rings is 7. The lowest BCUT2D eigenvalue weighted by molar-refractivity contribution is 0.666. The molecule has 0 N–H and O–H groups in total. The lowest BCUT2D eigenvalue weighted by Crippen LogP contribution is -2.20. The van der Waals surface area contributed by atoms with Crippen molar-refractivity contribution in [2.24, 2.45) is 4.99 Å². The molecule has 0 fully saturated rings. The van der Waals surface area contributed by atoms with E-state index in [9.17, 15) is 5.26 Å². The van der Waals surface area contributed by atoms with Crippen LogP contribution in [0.4, 0.5) is 0 Å². The number of rotatable bonds is 3. The lowest BCUT2D eigenvalue weighted by Gasteiger charge is -2.32. The van der Waals surface area contributed by atoms with Crippen molar-refractivity contribution < 1.29 is 0 Å². The van der Waals surface area contributed by atoms with Crippen LogP contribution in [0.3, 0.4) is 0 Å². The van der Waals surface area contributed by atoms with Gasteiger partial charge in [-0.05, 0) is 117 Å². The first-order valence-corrected chi connectivity index (χ1v) is 20.0. The Morgan fingerprint density at radius 3 is 2.27 bits per heavy atom. The van der Waals surface area contributed by atoms with Crippen molar-refractivity contribution in [1.29, 1.82) is 5.26 Å². The highest BCUT2D eigenvalue weighted by Crippen LogP contribution is 2.62. The summed E-state index contributed by atoms with van der Waals surface area (Å²) in [5.74, 6) is 0.763. The molecule has 3 nitrogen and oxygen atoms in total. The van der Waals surface area contributed by atoms with Gasteiger partial charge in [0.25, 0.3) is 0 Å². The van der Waals surface area contributed by atoms with E-state index in [1.54, 1.807) is 0 Å². The predicted octanol–water partition coefficient (Wildman–Crippen LogP) is 13.3. The first kappa shape index (κ1) is 31.6. The number of nitrogens with zero attached hydrogens (tertiary/aromatic N) is 3. The van der Waals surface area contributed by atoms with E-state index in [-0.39, 0.29) is 5.92 Å². The Hall–Kier alpha value is -6.76. The summed E-state index contributed by atoms with van der Waals surface area (Å²) in [6.07, 6.45) is 7.49. The maximum atomic E-state index is 9.49. The summed E-state index contributed by atoms with van der Waals surface area (Å²) in [4.78, 5) is 5.33. The molecule has 0 saturated heterocycles. The molecule has 1 aromatic heterocycles. The van der Waals surface area contributed by atoms with Crippen LogP contribution in [-0.2, 0) is 0 Å². The minimum Gasteiger partial charge on any atom is -0.309 e. The number of hydrogen-bond donors (Lipinski definition) is 0. The van der Waals surface area contributed by atoms with Gasteiger partial charge in [-0.3, -0.25) is 4.99 Å². The van der Waals surface area contributed by atoms with Crippen molar-refractivity contribution in [3.63, 3.8) is 0 Å². The number of para-hydroxylation sites is 1. The Balaban J connectivity index is 1.07. The largest absolute Gasteiger partial charge is 0.309 e. The predicted molar refractivity (Wildman–Crippen MR) is 230 cm³/mol. The standard InChI is InChI=1S/C53H37N3/c1-31-37-12-3-4-13-38(37)39-17-10-18-43-48(39)47(31)49-40-14-5-6-15-41(40)53-51(50(43)49)42-16-7-9-20-46(42)56(53)36-27-25-33(26-28-36)44-29-35-11-2-8-19-45(35)55-52(44)34-23-21-32(30-54)22-24-34/h2-7,9-18,20-28,31,44,47H,8,19,29H2,1H3/t31-,44?,47?/m1/s1. The second-order valence-corrected chi connectivity index (χ2v) is 16.0. The molecule has 2 heterocycles. The average molecular weight is 716 g/mol. The quantitative estimate of drug-likeness (QED) is 0.180. The van der Waals surface area contributed by atoms with Crippen LogP contribution in [0.2, 0.25) is 0 Å². The van der Waals surface area contributed by atoms with Gasteiger partial charge in [0.1, 0.15) is 0 Å². The third-order valence-corrected chi connectivity index (χ3v) is 13.2. The molecule has 3 heteroatoms. The van der Waals surface area contributed by atoms with Crippen LogP contribution in [0.1, 0.15) is 77.3 Å². The highest BCUT2D eigenvalue weighted by atomic mass is 15.0. The average Bonchev–Trinajstić information content (AvgIpc) is 3.80. The molecule has 264 valence electrons. The zero-order valence-electron chi connectivity index (χ0n) is 31.1. The molecule has 0 amide bonds. The Morgan fingerprint density at radius 2 is 1.43 bits per heavy atom. The van der Waals surface area contributed by atoms with Crippen LogP contribution in [0.25, 0.3) is 60.5 Å². The number of nitriles is 1. The molecule has 56 heavy (non-hydrogen) atoms. The minimum absolute atomic E-state index is 0.115. The van der Waals surface area contributed by atoms with Crippen LogP contribution < -0.4 is 0 Å². The number of fused-ring (bicyclic) bond motifs is 12. The molecule has 0 radical (unpaired) electrons. The summed E-state index contributed by atoms with van der Waals surface area (Å²) in [5, 5.41) is 14.8. The normalized spacial score (nSPS) is 19.1. The number of hydrogen-bond acceptors (Lipinski definition) is 2. The zero-order valence-corrected chi connectivity index (χ0v) is 31.1. The summed E-state index contributed by atoms with van der Waals surface area (Å²) < 4.78 is 2.52. The summed E-state index contributed by atoms with van der Waals surface area (Å²) in [7, 11) is 0. The minimum atomic E-state index is 0.115. The molecule has 12 rings (SSSR count). The van der Waals surface area contributed by atoms with E-state index >= 15 is 0 Å². The first-order chi connectivity index (χ1) is 27.7. The van der Waals surface area contributed by atoms with E-state index in [1.165, 1.54) is 88.4 Å². The smallest absolute Gasteiger partial charge is 0.0991 e. The number of aromatic nitrogens is 1. The Morgan fingerprint density at radius 1 is 0.696 bits per heavy atom. The number of allylic oxidation sites excluding steroid dienone is 4. The number of aliphatic imine (C=N–C) groups is 1. The van der Waals surface area contributed by atoms with Crippen molar-refractivity contribution in [2.45, 2.75) is 43.9 Å². The van der Waals surface area contributed by atoms with E-state index in [1.807, 2.05) is 12.1 Å². The second kappa shape index (κ2) is 11.9. The zero-order chi connectivity index (χ0) is 37.1. The molecule has 4 aliphatic rings. The molecule has 3 atom stereocenters. The van der Waals surface area contributed by atoms with Gasteiger partial charge in [0.15, 0.2) is 0 Å². The van der Waals surface area contributed by atoms with Crippen LogP contribution in [0, 0.1) is 11.3 Å². The SMILES string of the molecule is C[C@@H]1c2ccccc2-c2cccc3c2C1c1c-3c2c3ccccc3n(-c3ccc(C4CC5=C(CCC=C5)N=C4c4ccc(C#N)cc4)cc3)c2c2ccccc12. The molecule has 0 bridgehead atoms. The van der Waals surface area contributed by atoms with Crippen LogP contribution in [0.15, 0.2) is 168 Å². The maximum Gasteiger partial charge on any atom is 0.0991 e. The van der Waals surface area contributed by atoms with Gasteiger partial charge in [-0.1, -0.05) is 128 Å². The molecule has 2 unspecified atom stereocenters. The molecule has 3 aliphatic carbocycles. The highest BCUT2D eigenvalue weighted by molar-refractivity contribution is 6.27. The molecule has 1 aliphatic heterocycles. The fourth-order valence-corrected chi connectivity index (χ4v) is 10.8. The monoisotopic (exact) mass is 715 g/mol.